The van der Waals surface area contributed by atoms with Crippen LogP contribution in [0.4, 0.5) is 0 Å². The number of nitrogens with two attached hydrogens (primary N) is 1. The lowest BCUT2D eigenvalue weighted by molar-refractivity contribution is 0.598. The summed E-state index contributed by atoms with van der Waals surface area (Å²) in [6, 6.07) is 13.7. The van der Waals surface area contributed by atoms with Gasteiger partial charge >= 0.3 is 0 Å². The highest BCUT2D eigenvalue weighted by Gasteiger charge is 1.96. The quantitative estimate of drug-likeness (QED) is 0.819. The minimum Gasteiger partial charge on any atom is -0.330 e. The number of rotatable bonds is 6. The SMILES string of the molecule is NCCCCn1ccc(/C=C/c2ccccc2)cc1=O. The second-order valence-corrected chi connectivity index (χ2v) is 4.73. The molecule has 0 aliphatic rings. The zero-order chi connectivity index (χ0) is 14.2. The second kappa shape index (κ2) is 7.46. The van der Waals surface area contributed by atoms with Crippen molar-refractivity contribution in [1.29, 1.82) is 0 Å². The van der Waals surface area contributed by atoms with Crippen LogP contribution < -0.4 is 11.3 Å². The van der Waals surface area contributed by atoms with Crippen molar-refractivity contribution in [2.75, 3.05) is 6.54 Å². The molecule has 0 saturated carbocycles. The van der Waals surface area contributed by atoms with Gasteiger partial charge in [-0.15, -0.1) is 0 Å². The first kappa shape index (κ1) is 14.3. The average Bonchev–Trinajstić information content (AvgIpc) is 2.48. The van der Waals surface area contributed by atoms with E-state index in [0.717, 1.165) is 30.5 Å². The summed E-state index contributed by atoms with van der Waals surface area (Å²) in [5, 5.41) is 0. The van der Waals surface area contributed by atoms with Crippen LogP contribution in [-0.2, 0) is 6.54 Å². The Labute approximate surface area is 119 Å². The molecule has 3 heteroatoms. The first-order chi connectivity index (χ1) is 9.79. The van der Waals surface area contributed by atoms with Crippen molar-refractivity contribution in [3.8, 4) is 0 Å². The summed E-state index contributed by atoms with van der Waals surface area (Å²) in [5.41, 5.74) is 7.54. The molecule has 0 unspecified atom stereocenters. The molecule has 0 radical (unpaired) electrons. The molecule has 0 atom stereocenters. The van der Waals surface area contributed by atoms with Crippen LogP contribution in [0.15, 0.2) is 53.5 Å². The summed E-state index contributed by atoms with van der Waals surface area (Å²) >= 11 is 0. The summed E-state index contributed by atoms with van der Waals surface area (Å²) in [5.74, 6) is 0. The molecule has 0 amide bonds. The van der Waals surface area contributed by atoms with E-state index in [1.807, 2.05) is 54.7 Å². The minimum absolute atomic E-state index is 0.0391. The number of nitrogens with zero attached hydrogens (tertiary/aromatic N) is 1. The van der Waals surface area contributed by atoms with Crippen LogP contribution in [0.1, 0.15) is 24.0 Å². The standard InChI is InChI=1S/C17H20N2O/c18-11-4-5-12-19-13-10-16(14-17(19)20)9-8-15-6-2-1-3-7-15/h1-3,6-10,13-14H,4-5,11-12,18H2/b9-8+. The van der Waals surface area contributed by atoms with Crippen molar-refractivity contribution in [3.05, 3.63) is 70.1 Å². The van der Waals surface area contributed by atoms with E-state index in [2.05, 4.69) is 0 Å². The highest BCUT2D eigenvalue weighted by Crippen LogP contribution is 2.06. The summed E-state index contributed by atoms with van der Waals surface area (Å²) in [4.78, 5) is 11.9. The van der Waals surface area contributed by atoms with Gasteiger partial charge in [-0.25, -0.2) is 0 Å². The molecule has 1 heterocycles. The topological polar surface area (TPSA) is 48.0 Å². The Balaban J connectivity index is 2.05. The van der Waals surface area contributed by atoms with Crippen molar-refractivity contribution >= 4 is 12.2 Å². The lowest BCUT2D eigenvalue weighted by Crippen LogP contribution is -2.19. The number of hydrogen-bond acceptors (Lipinski definition) is 2. The molecule has 1 aromatic carbocycles. The van der Waals surface area contributed by atoms with Crippen molar-refractivity contribution < 1.29 is 0 Å². The number of hydrogen-bond donors (Lipinski definition) is 1. The van der Waals surface area contributed by atoms with E-state index >= 15 is 0 Å². The van der Waals surface area contributed by atoms with E-state index in [-0.39, 0.29) is 5.56 Å². The van der Waals surface area contributed by atoms with E-state index in [9.17, 15) is 4.79 Å². The number of pyridine rings is 1. The molecule has 2 N–H and O–H groups in total. The van der Waals surface area contributed by atoms with E-state index < -0.39 is 0 Å². The third-order valence-corrected chi connectivity index (χ3v) is 3.14. The molecule has 0 saturated heterocycles. The van der Waals surface area contributed by atoms with Gasteiger partial charge in [0.2, 0.25) is 0 Å². The Morgan fingerprint density at radius 2 is 1.75 bits per heavy atom. The third kappa shape index (κ3) is 4.21. The lowest BCUT2D eigenvalue weighted by Gasteiger charge is -2.05. The smallest absolute Gasteiger partial charge is 0.251 e. The molecule has 1 aromatic heterocycles. The van der Waals surface area contributed by atoms with E-state index in [4.69, 9.17) is 5.73 Å². The molecule has 0 spiro atoms. The summed E-state index contributed by atoms with van der Waals surface area (Å²) in [7, 11) is 0. The van der Waals surface area contributed by atoms with Crippen LogP contribution in [0.3, 0.4) is 0 Å². The fraction of sp³-hybridized carbons (Fsp3) is 0.235. The third-order valence-electron chi connectivity index (χ3n) is 3.14. The van der Waals surface area contributed by atoms with Gasteiger partial charge in [-0.1, -0.05) is 42.5 Å². The molecule has 104 valence electrons. The Hall–Kier alpha value is -2.13. The Bertz CT molecular complexity index is 614. The van der Waals surface area contributed by atoms with Crippen LogP contribution in [0, 0.1) is 0 Å². The summed E-state index contributed by atoms with van der Waals surface area (Å²) in [6.07, 6.45) is 7.70. The Morgan fingerprint density at radius 3 is 2.45 bits per heavy atom. The molecule has 0 aliphatic carbocycles. The molecule has 2 rings (SSSR count). The van der Waals surface area contributed by atoms with Gasteiger partial charge in [0.25, 0.3) is 5.56 Å². The largest absolute Gasteiger partial charge is 0.330 e. The van der Waals surface area contributed by atoms with E-state index in [1.165, 1.54) is 0 Å². The van der Waals surface area contributed by atoms with E-state index in [1.54, 1.807) is 10.6 Å². The van der Waals surface area contributed by atoms with Crippen LogP contribution in [0.25, 0.3) is 12.2 Å². The Morgan fingerprint density at radius 1 is 1.00 bits per heavy atom. The predicted octanol–water partition coefficient (Wildman–Crippen LogP) is 2.76. The monoisotopic (exact) mass is 268 g/mol. The van der Waals surface area contributed by atoms with E-state index in [0.29, 0.717) is 6.54 Å². The first-order valence-electron chi connectivity index (χ1n) is 6.93. The predicted molar refractivity (Wildman–Crippen MR) is 84.4 cm³/mol. The average molecular weight is 268 g/mol. The number of aromatic nitrogens is 1. The number of unbranched alkanes of at least 4 members (excludes halogenated alkanes) is 1. The maximum atomic E-state index is 11.9. The highest BCUT2D eigenvalue weighted by molar-refractivity contribution is 5.69. The fourth-order valence-electron chi connectivity index (χ4n) is 1.99. The van der Waals surface area contributed by atoms with Crippen molar-refractivity contribution in [1.82, 2.24) is 4.57 Å². The summed E-state index contributed by atoms with van der Waals surface area (Å²) in [6.45, 7) is 1.41. The lowest BCUT2D eigenvalue weighted by atomic mass is 10.1. The molecular formula is C17H20N2O. The van der Waals surface area contributed by atoms with Gasteiger partial charge < -0.3 is 10.3 Å². The minimum atomic E-state index is 0.0391. The first-order valence-corrected chi connectivity index (χ1v) is 6.93. The fourth-order valence-corrected chi connectivity index (χ4v) is 1.99. The molecule has 20 heavy (non-hydrogen) atoms. The van der Waals surface area contributed by atoms with Gasteiger partial charge in [0.05, 0.1) is 0 Å². The van der Waals surface area contributed by atoms with Gasteiger partial charge in [0, 0.05) is 18.8 Å². The molecule has 0 fully saturated rings. The van der Waals surface area contributed by atoms with Gasteiger partial charge in [-0.3, -0.25) is 4.79 Å². The number of aryl methyl sites for hydroxylation is 1. The van der Waals surface area contributed by atoms with Gasteiger partial charge in [-0.2, -0.15) is 0 Å². The van der Waals surface area contributed by atoms with Gasteiger partial charge in [0.15, 0.2) is 0 Å². The maximum Gasteiger partial charge on any atom is 0.251 e. The maximum absolute atomic E-state index is 11.9. The van der Waals surface area contributed by atoms with Crippen molar-refractivity contribution in [2.45, 2.75) is 19.4 Å². The van der Waals surface area contributed by atoms with Crippen LogP contribution in [0.2, 0.25) is 0 Å². The zero-order valence-corrected chi connectivity index (χ0v) is 11.5. The molecule has 0 bridgehead atoms. The van der Waals surface area contributed by atoms with Crippen molar-refractivity contribution in [3.63, 3.8) is 0 Å². The van der Waals surface area contributed by atoms with Gasteiger partial charge in [-0.05, 0) is 36.6 Å². The normalized spacial score (nSPS) is 11.1. The Kier molecular flexibility index (Phi) is 5.33. The van der Waals surface area contributed by atoms with Crippen LogP contribution >= 0.6 is 0 Å². The van der Waals surface area contributed by atoms with Crippen molar-refractivity contribution in [2.24, 2.45) is 5.73 Å². The van der Waals surface area contributed by atoms with Gasteiger partial charge in [0.1, 0.15) is 0 Å². The number of benzene rings is 1. The molecule has 2 aromatic rings. The molecular weight excluding hydrogens is 248 g/mol. The second-order valence-electron chi connectivity index (χ2n) is 4.73. The van der Waals surface area contributed by atoms with Crippen LogP contribution in [-0.4, -0.2) is 11.1 Å². The highest BCUT2D eigenvalue weighted by atomic mass is 16.1. The molecule has 3 nitrogen and oxygen atoms in total. The summed E-state index contributed by atoms with van der Waals surface area (Å²) < 4.78 is 1.73. The molecule has 0 aliphatic heterocycles. The van der Waals surface area contributed by atoms with Crippen LogP contribution in [0.5, 0.6) is 0 Å². The zero-order valence-electron chi connectivity index (χ0n) is 11.5.